The van der Waals surface area contributed by atoms with Crippen molar-refractivity contribution in [2.75, 3.05) is 7.11 Å². The monoisotopic (exact) mass is 377 g/mol. The molecule has 0 spiro atoms. The Bertz CT molecular complexity index is 1120. The highest BCUT2D eigenvalue weighted by Gasteiger charge is 2.28. The Morgan fingerprint density at radius 3 is 2.67 bits per heavy atom. The van der Waals surface area contributed by atoms with Gasteiger partial charge in [-0.05, 0) is 29.3 Å². The van der Waals surface area contributed by atoms with Gasteiger partial charge in [0.25, 0.3) is 5.91 Å². The molecule has 0 atom stereocenters. The molecule has 0 saturated heterocycles. The van der Waals surface area contributed by atoms with Gasteiger partial charge in [0.05, 0.1) is 12.7 Å². The van der Waals surface area contributed by atoms with E-state index in [0.717, 1.165) is 22.0 Å². The lowest BCUT2D eigenvalue weighted by Crippen LogP contribution is -2.26. The van der Waals surface area contributed by atoms with Crippen molar-refractivity contribution in [1.82, 2.24) is 9.88 Å². The first-order valence-electron chi connectivity index (χ1n) is 8.45. The number of methoxy groups -OCH3 is 1. The van der Waals surface area contributed by atoms with E-state index in [-0.39, 0.29) is 11.8 Å². The first kappa shape index (κ1) is 17.2. The molecule has 4 rings (SSSR count). The highest BCUT2D eigenvalue weighted by atomic mass is 35.5. The lowest BCUT2D eigenvalue weighted by molar-refractivity contribution is 0.0928. The second-order valence-corrected chi connectivity index (χ2v) is 6.75. The molecule has 1 aromatic heterocycles. The molecule has 0 fully saturated rings. The van der Waals surface area contributed by atoms with E-state index in [1.165, 1.54) is 7.11 Å². The predicted molar refractivity (Wildman–Crippen MR) is 103 cm³/mol. The quantitative estimate of drug-likeness (QED) is 0.749. The van der Waals surface area contributed by atoms with Crippen LogP contribution in [0.3, 0.4) is 0 Å². The molecule has 1 N–H and O–H groups in total. The number of amides is 1. The van der Waals surface area contributed by atoms with Crippen LogP contribution in [0.5, 0.6) is 0 Å². The van der Waals surface area contributed by atoms with Gasteiger partial charge in [0.15, 0.2) is 0 Å². The van der Waals surface area contributed by atoms with Crippen LogP contribution in [0.4, 0.5) is 0 Å². The molecule has 0 radical (unpaired) electrons. The summed E-state index contributed by atoms with van der Waals surface area (Å²) in [7, 11) is 1.45. The number of halogens is 1. The molecule has 2 aromatic carbocycles. The number of carbonyl (C=O) groups excluding carboxylic acids is 1. The minimum absolute atomic E-state index is 0.209. The van der Waals surface area contributed by atoms with Crippen LogP contribution in [0, 0.1) is 11.3 Å². The Kier molecular flexibility index (Phi) is 4.35. The van der Waals surface area contributed by atoms with Gasteiger partial charge in [-0.3, -0.25) is 10.1 Å². The van der Waals surface area contributed by atoms with E-state index in [0.29, 0.717) is 29.3 Å². The zero-order valence-corrected chi connectivity index (χ0v) is 15.4. The van der Waals surface area contributed by atoms with Crippen molar-refractivity contribution in [3.63, 3.8) is 0 Å². The SMILES string of the molecule is COC1=C(C#N)Cc2c(n(Cc3ccc(Cl)cc3)c3ccccc23)C(=O)N1. The summed E-state index contributed by atoms with van der Waals surface area (Å²) in [5.41, 5.74) is 3.76. The lowest BCUT2D eigenvalue weighted by atomic mass is 10.0. The highest BCUT2D eigenvalue weighted by molar-refractivity contribution is 6.30. The van der Waals surface area contributed by atoms with Gasteiger partial charge in [-0.2, -0.15) is 5.26 Å². The minimum Gasteiger partial charge on any atom is -0.482 e. The number of para-hydroxylation sites is 1. The molecule has 6 heteroatoms. The number of rotatable bonds is 3. The summed E-state index contributed by atoms with van der Waals surface area (Å²) < 4.78 is 7.21. The summed E-state index contributed by atoms with van der Waals surface area (Å²) in [4.78, 5) is 13.0. The average molecular weight is 378 g/mol. The number of carbonyl (C=O) groups is 1. The molecular weight excluding hydrogens is 362 g/mol. The average Bonchev–Trinajstić information content (AvgIpc) is 2.90. The third kappa shape index (κ3) is 2.94. The van der Waals surface area contributed by atoms with Crippen molar-refractivity contribution < 1.29 is 9.53 Å². The zero-order chi connectivity index (χ0) is 19.0. The molecule has 0 aliphatic carbocycles. The van der Waals surface area contributed by atoms with Gasteiger partial charge in [0.2, 0.25) is 5.88 Å². The Morgan fingerprint density at radius 2 is 1.96 bits per heavy atom. The standard InChI is InChI=1S/C21H16ClN3O2/c1-27-21-14(11-23)10-17-16-4-2-3-5-18(16)25(19(17)20(26)24-21)12-13-6-8-15(22)9-7-13/h2-9H,10,12H2,1H3,(H,24,26). The largest absolute Gasteiger partial charge is 0.482 e. The Labute approximate surface area is 161 Å². The maximum absolute atomic E-state index is 13.0. The molecule has 2 heterocycles. The summed E-state index contributed by atoms with van der Waals surface area (Å²) >= 11 is 5.99. The van der Waals surface area contributed by atoms with Crippen molar-refractivity contribution in [2.45, 2.75) is 13.0 Å². The van der Waals surface area contributed by atoms with Gasteiger partial charge >= 0.3 is 0 Å². The van der Waals surface area contributed by atoms with Gasteiger partial charge in [-0.1, -0.05) is 41.9 Å². The second kappa shape index (κ2) is 6.82. The predicted octanol–water partition coefficient (Wildman–Crippen LogP) is 4.01. The Hall–Kier alpha value is -3.23. The number of hydrogen-bond donors (Lipinski definition) is 1. The molecule has 1 amide bonds. The highest BCUT2D eigenvalue weighted by Crippen LogP contribution is 2.31. The van der Waals surface area contributed by atoms with E-state index in [2.05, 4.69) is 11.4 Å². The fourth-order valence-corrected chi connectivity index (χ4v) is 3.64. The fraction of sp³-hybridized carbons (Fsp3) is 0.143. The number of allylic oxidation sites excluding steroid dienone is 1. The number of nitriles is 1. The van der Waals surface area contributed by atoms with E-state index in [4.69, 9.17) is 16.3 Å². The van der Waals surface area contributed by atoms with Gasteiger partial charge in [-0.15, -0.1) is 0 Å². The summed E-state index contributed by atoms with van der Waals surface area (Å²) in [6.07, 6.45) is 0.335. The topological polar surface area (TPSA) is 67.0 Å². The van der Waals surface area contributed by atoms with Gasteiger partial charge in [-0.25, -0.2) is 0 Å². The van der Waals surface area contributed by atoms with E-state index in [9.17, 15) is 10.1 Å². The molecule has 3 aromatic rings. The number of fused-ring (bicyclic) bond motifs is 3. The zero-order valence-electron chi connectivity index (χ0n) is 14.6. The Balaban J connectivity index is 1.92. The van der Waals surface area contributed by atoms with Crippen molar-refractivity contribution in [3.05, 3.63) is 81.8 Å². The first-order valence-corrected chi connectivity index (χ1v) is 8.83. The van der Waals surface area contributed by atoms with E-state index in [1.807, 2.05) is 53.1 Å². The summed E-state index contributed by atoms with van der Waals surface area (Å²) in [6.45, 7) is 0.518. The van der Waals surface area contributed by atoms with Crippen LogP contribution in [0.2, 0.25) is 5.02 Å². The number of ether oxygens (including phenoxy) is 1. The molecule has 0 saturated carbocycles. The smallest absolute Gasteiger partial charge is 0.274 e. The first-order chi connectivity index (χ1) is 13.1. The Morgan fingerprint density at radius 1 is 1.22 bits per heavy atom. The van der Waals surface area contributed by atoms with Crippen LogP contribution < -0.4 is 5.32 Å². The number of aromatic nitrogens is 1. The molecule has 1 aliphatic heterocycles. The van der Waals surface area contributed by atoms with Crippen LogP contribution in [-0.4, -0.2) is 17.6 Å². The van der Waals surface area contributed by atoms with Gasteiger partial charge < -0.3 is 9.30 Å². The molecule has 27 heavy (non-hydrogen) atoms. The number of nitrogens with zero attached hydrogens (tertiary/aromatic N) is 2. The van der Waals surface area contributed by atoms with Crippen molar-refractivity contribution in [2.24, 2.45) is 0 Å². The van der Waals surface area contributed by atoms with Crippen LogP contribution >= 0.6 is 11.6 Å². The maximum Gasteiger partial charge on any atom is 0.274 e. The van der Waals surface area contributed by atoms with Crippen LogP contribution in [0.1, 0.15) is 21.6 Å². The van der Waals surface area contributed by atoms with Crippen molar-refractivity contribution >= 4 is 28.4 Å². The lowest BCUT2D eigenvalue weighted by Gasteiger charge is -2.12. The molecule has 0 bridgehead atoms. The maximum atomic E-state index is 13.0. The third-order valence-corrected chi connectivity index (χ3v) is 4.99. The number of hydrogen-bond acceptors (Lipinski definition) is 3. The van der Waals surface area contributed by atoms with E-state index in [1.54, 1.807) is 0 Å². The van der Waals surface area contributed by atoms with Crippen LogP contribution in [0.15, 0.2) is 60.0 Å². The van der Waals surface area contributed by atoms with Crippen LogP contribution in [0.25, 0.3) is 10.9 Å². The number of nitrogens with one attached hydrogen (secondary N) is 1. The molecular formula is C21H16ClN3O2. The van der Waals surface area contributed by atoms with E-state index < -0.39 is 0 Å². The van der Waals surface area contributed by atoms with Crippen LogP contribution in [-0.2, 0) is 17.7 Å². The normalized spacial score (nSPS) is 13.7. The van der Waals surface area contributed by atoms with Crippen molar-refractivity contribution in [1.29, 1.82) is 5.26 Å². The van der Waals surface area contributed by atoms with Gasteiger partial charge in [0, 0.05) is 28.9 Å². The molecule has 0 unspecified atom stereocenters. The summed E-state index contributed by atoms with van der Waals surface area (Å²) in [5.74, 6) is -0.0712. The molecule has 5 nitrogen and oxygen atoms in total. The summed E-state index contributed by atoms with van der Waals surface area (Å²) in [6, 6.07) is 17.5. The third-order valence-electron chi connectivity index (χ3n) is 4.74. The fourth-order valence-electron chi connectivity index (χ4n) is 3.51. The second-order valence-electron chi connectivity index (χ2n) is 6.31. The van der Waals surface area contributed by atoms with E-state index >= 15 is 0 Å². The van der Waals surface area contributed by atoms with Crippen molar-refractivity contribution in [3.8, 4) is 6.07 Å². The minimum atomic E-state index is -0.280. The summed E-state index contributed by atoms with van der Waals surface area (Å²) in [5, 5.41) is 13.9. The molecule has 1 aliphatic rings. The number of benzene rings is 2. The molecule has 134 valence electrons. The van der Waals surface area contributed by atoms with Gasteiger partial charge in [0.1, 0.15) is 11.8 Å².